The van der Waals surface area contributed by atoms with Crippen LogP contribution >= 0.6 is 0 Å². The molecule has 1 saturated heterocycles. The van der Waals surface area contributed by atoms with Crippen LogP contribution in [0.25, 0.3) is 5.65 Å². The van der Waals surface area contributed by atoms with Crippen molar-refractivity contribution in [3.05, 3.63) is 42.4 Å². The maximum Gasteiger partial charge on any atom is 0.152 e. The van der Waals surface area contributed by atoms with Crippen LogP contribution in [0.3, 0.4) is 0 Å². The Morgan fingerprint density at radius 2 is 2.12 bits per heavy atom. The molecule has 2 radical (unpaired) electrons. The van der Waals surface area contributed by atoms with Gasteiger partial charge in [-0.05, 0) is 17.1 Å². The van der Waals surface area contributed by atoms with Gasteiger partial charge in [-0.15, -0.1) is 0 Å². The predicted molar refractivity (Wildman–Crippen MR) is 93.0 cm³/mol. The van der Waals surface area contributed by atoms with Crippen molar-refractivity contribution >= 4 is 30.6 Å². The summed E-state index contributed by atoms with van der Waals surface area (Å²) < 4.78 is 7.15. The van der Waals surface area contributed by atoms with E-state index >= 15 is 0 Å². The smallest absolute Gasteiger partial charge is 0.152 e. The monoisotopic (exact) mass is 320 g/mol. The normalized spacial score (nSPS) is 14.9. The zero-order valence-electron chi connectivity index (χ0n) is 13.2. The van der Waals surface area contributed by atoms with Gasteiger partial charge in [-0.2, -0.15) is 9.61 Å². The van der Waals surface area contributed by atoms with E-state index in [1.165, 1.54) is 0 Å². The molecule has 0 saturated carbocycles. The van der Waals surface area contributed by atoms with Gasteiger partial charge in [0.15, 0.2) is 5.65 Å². The van der Waals surface area contributed by atoms with E-state index in [1.807, 2.05) is 24.4 Å². The van der Waals surface area contributed by atoms with Crippen molar-refractivity contribution in [3.63, 3.8) is 0 Å². The molecule has 0 aromatic carbocycles. The Morgan fingerprint density at radius 3 is 2.92 bits per heavy atom. The van der Waals surface area contributed by atoms with Crippen molar-refractivity contribution in [2.75, 3.05) is 36.5 Å². The molecule has 3 aromatic heterocycles. The molecule has 4 rings (SSSR count). The van der Waals surface area contributed by atoms with Crippen molar-refractivity contribution in [3.8, 4) is 0 Å². The van der Waals surface area contributed by atoms with E-state index in [0.29, 0.717) is 30.9 Å². The van der Waals surface area contributed by atoms with Crippen LogP contribution in [0.1, 0.15) is 5.56 Å². The highest BCUT2D eigenvalue weighted by atomic mass is 16.5. The van der Waals surface area contributed by atoms with Crippen molar-refractivity contribution < 1.29 is 4.74 Å². The SMILES string of the molecule is [B]c1cnn2c(NCc3cccnc3)cc(N3CCOCC3)nc12. The van der Waals surface area contributed by atoms with Gasteiger partial charge in [0.25, 0.3) is 0 Å². The van der Waals surface area contributed by atoms with Gasteiger partial charge in [-0.1, -0.05) is 6.07 Å². The fraction of sp³-hybridized carbons (Fsp3) is 0.312. The Bertz CT molecular complexity index is 831. The molecule has 8 heteroatoms. The average Bonchev–Trinajstić information content (AvgIpc) is 3.02. The zero-order valence-corrected chi connectivity index (χ0v) is 13.2. The number of anilines is 2. The summed E-state index contributed by atoms with van der Waals surface area (Å²) in [6, 6.07) is 5.95. The van der Waals surface area contributed by atoms with Crippen LogP contribution in [0.4, 0.5) is 11.6 Å². The number of ether oxygens (including phenoxy) is 1. The van der Waals surface area contributed by atoms with Crippen LogP contribution in [0.2, 0.25) is 0 Å². The summed E-state index contributed by atoms with van der Waals surface area (Å²) in [6.07, 6.45) is 5.23. The molecule has 0 bridgehead atoms. The van der Waals surface area contributed by atoms with Crippen molar-refractivity contribution in [2.45, 2.75) is 6.54 Å². The Labute approximate surface area is 141 Å². The molecular weight excluding hydrogens is 303 g/mol. The van der Waals surface area contributed by atoms with Gasteiger partial charge in [0, 0.05) is 44.3 Å². The number of aromatic nitrogens is 4. The first-order valence-corrected chi connectivity index (χ1v) is 7.91. The van der Waals surface area contributed by atoms with Crippen LogP contribution in [0.15, 0.2) is 36.8 Å². The largest absolute Gasteiger partial charge is 0.378 e. The molecule has 0 spiro atoms. The number of hydrogen-bond acceptors (Lipinski definition) is 6. The molecule has 1 aliphatic heterocycles. The molecule has 120 valence electrons. The topological polar surface area (TPSA) is 67.6 Å². The van der Waals surface area contributed by atoms with Crippen LogP contribution < -0.4 is 15.7 Å². The van der Waals surface area contributed by atoms with E-state index in [2.05, 4.69) is 25.3 Å². The number of nitrogens with one attached hydrogen (secondary N) is 1. The highest BCUT2D eigenvalue weighted by molar-refractivity contribution is 6.36. The van der Waals surface area contributed by atoms with Crippen molar-refractivity contribution in [1.82, 2.24) is 19.6 Å². The van der Waals surface area contributed by atoms with E-state index in [4.69, 9.17) is 12.6 Å². The van der Waals surface area contributed by atoms with E-state index in [0.717, 1.165) is 30.3 Å². The summed E-state index contributed by atoms with van der Waals surface area (Å²) in [4.78, 5) is 11.0. The minimum absolute atomic E-state index is 0.564. The van der Waals surface area contributed by atoms with E-state index in [-0.39, 0.29) is 0 Å². The molecule has 0 unspecified atom stereocenters. The van der Waals surface area contributed by atoms with Gasteiger partial charge in [0.2, 0.25) is 0 Å². The lowest BCUT2D eigenvalue weighted by Gasteiger charge is -2.28. The predicted octanol–water partition coefficient (Wildman–Crippen LogP) is 0.367. The first-order valence-electron chi connectivity index (χ1n) is 7.91. The molecule has 1 N–H and O–H groups in total. The second-order valence-electron chi connectivity index (χ2n) is 5.65. The maximum absolute atomic E-state index is 6.02. The lowest BCUT2D eigenvalue weighted by molar-refractivity contribution is 0.122. The fourth-order valence-corrected chi connectivity index (χ4v) is 2.74. The highest BCUT2D eigenvalue weighted by Crippen LogP contribution is 2.20. The van der Waals surface area contributed by atoms with Crippen LogP contribution in [0, 0.1) is 0 Å². The standard InChI is InChI=1S/C16H17BN6O/c17-13-11-20-23-14(19-10-12-2-1-3-18-9-12)8-15(21-16(13)23)22-4-6-24-7-5-22/h1-3,8-9,11,19H,4-7,10H2. The highest BCUT2D eigenvalue weighted by Gasteiger charge is 2.16. The molecule has 3 aromatic rings. The lowest BCUT2D eigenvalue weighted by Crippen LogP contribution is -2.37. The Balaban J connectivity index is 1.67. The molecule has 0 aliphatic carbocycles. The molecule has 0 amide bonds. The van der Waals surface area contributed by atoms with Crippen molar-refractivity contribution in [2.24, 2.45) is 0 Å². The number of rotatable bonds is 4. The van der Waals surface area contributed by atoms with Crippen molar-refractivity contribution in [1.29, 1.82) is 0 Å². The number of morpholine rings is 1. The third kappa shape index (κ3) is 2.92. The van der Waals surface area contributed by atoms with Gasteiger partial charge in [-0.25, -0.2) is 4.98 Å². The Kier molecular flexibility index (Phi) is 4.04. The van der Waals surface area contributed by atoms with Gasteiger partial charge in [0.1, 0.15) is 19.5 Å². The molecule has 24 heavy (non-hydrogen) atoms. The third-order valence-corrected chi connectivity index (χ3v) is 4.02. The molecule has 1 aliphatic rings. The summed E-state index contributed by atoms with van der Waals surface area (Å²) in [5.74, 6) is 1.73. The molecular formula is C16H17BN6O. The number of nitrogens with zero attached hydrogens (tertiary/aromatic N) is 5. The first-order chi connectivity index (χ1) is 11.8. The van der Waals surface area contributed by atoms with Gasteiger partial charge in [-0.3, -0.25) is 4.98 Å². The van der Waals surface area contributed by atoms with E-state index in [1.54, 1.807) is 16.9 Å². The molecule has 0 atom stereocenters. The Morgan fingerprint density at radius 1 is 1.25 bits per heavy atom. The first kappa shape index (κ1) is 15.0. The number of pyridine rings is 1. The molecule has 7 nitrogen and oxygen atoms in total. The molecule has 1 fully saturated rings. The zero-order chi connectivity index (χ0) is 16.4. The minimum Gasteiger partial charge on any atom is -0.378 e. The minimum atomic E-state index is 0.564. The van der Waals surface area contributed by atoms with Gasteiger partial charge >= 0.3 is 0 Å². The maximum atomic E-state index is 6.02. The van der Waals surface area contributed by atoms with Crippen LogP contribution in [-0.4, -0.2) is 53.7 Å². The summed E-state index contributed by atoms with van der Waals surface area (Å²) in [7, 11) is 6.02. The Hall–Kier alpha value is -2.61. The van der Waals surface area contributed by atoms with Crippen LogP contribution in [0.5, 0.6) is 0 Å². The third-order valence-electron chi connectivity index (χ3n) is 4.02. The van der Waals surface area contributed by atoms with Gasteiger partial charge < -0.3 is 15.0 Å². The summed E-state index contributed by atoms with van der Waals surface area (Å²) in [5.41, 5.74) is 2.32. The lowest BCUT2D eigenvalue weighted by atomic mass is 10.0. The molecule has 4 heterocycles. The fourth-order valence-electron chi connectivity index (χ4n) is 2.74. The quantitative estimate of drug-likeness (QED) is 0.701. The van der Waals surface area contributed by atoms with Crippen LogP contribution in [-0.2, 0) is 11.3 Å². The summed E-state index contributed by atoms with van der Waals surface area (Å²) in [6.45, 7) is 3.70. The number of fused-ring (bicyclic) bond motifs is 1. The second kappa shape index (κ2) is 6.49. The van der Waals surface area contributed by atoms with E-state index in [9.17, 15) is 0 Å². The summed E-state index contributed by atoms with van der Waals surface area (Å²) >= 11 is 0. The number of hydrogen-bond donors (Lipinski definition) is 1. The van der Waals surface area contributed by atoms with Gasteiger partial charge in [0.05, 0.1) is 13.2 Å². The average molecular weight is 320 g/mol. The second-order valence-corrected chi connectivity index (χ2v) is 5.65. The summed E-state index contributed by atoms with van der Waals surface area (Å²) in [5, 5.41) is 7.73. The van der Waals surface area contributed by atoms with E-state index < -0.39 is 0 Å².